The van der Waals surface area contributed by atoms with E-state index >= 15 is 0 Å². The molecule has 0 unspecified atom stereocenters. The van der Waals surface area contributed by atoms with E-state index in [2.05, 4.69) is 10.6 Å². The molecule has 0 spiro atoms. The highest BCUT2D eigenvalue weighted by Crippen LogP contribution is 2.18. The van der Waals surface area contributed by atoms with Crippen molar-refractivity contribution in [2.75, 3.05) is 5.32 Å². The number of anilines is 1. The van der Waals surface area contributed by atoms with E-state index < -0.39 is 6.10 Å². The lowest BCUT2D eigenvalue weighted by Gasteiger charge is -2.19. The zero-order valence-electron chi connectivity index (χ0n) is 15.5. The highest BCUT2D eigenvalue weighted by molar-refractivity contribution is 6.04. The Balaban J connectivity index is 2.11. The predicted molar refractivity (Wildman–Crippen MR) is 103 cm³/mol. The third-order valence-electron chi connectivity index (χ3n) is 4.10. The van der Waals surface area contributed by atoms with Crippen LogP contribution in [-0.2, 0) is 4.79 Å². The van der Waals surface area contributed by atoms with Gasteiger partial charge >= 0.3 is 0 Å². The number of rotatable bonds is 8. The Morgan fingerprint density at radius 3 is 2.27 bits per heavy atom. The summed E-state index contributed by atoms with van der Waals surface area (Å²) in [5.74, 6) is 0.157. The molecule has 138 valence electrons. The molecule has 5 nitrogen and oxygen atoms in total. The van der Waals surface area contributed by atoms with E-state index in [1.165, 1.54) is 0 Å². The Bertz CT molecular complexity index is 731. The first-order valence-electron chi connectivity index (χ1n) is 8.97. The number of carbonyl (C=O) groups is 2. The normalized spacial score (nSPS) is 12.7. The number of para-hydroxylation sites is 2. The van der Waals surface area contributed by atoms with Crippen molar-refractivity contribution in [3.8, 4) is 5.75 Å². The molecule has 0 bridgehead atoms. The van der Waals surface area contributed by atoms with Gasteiger partial charge in [0.05, 0.1) is 11.3 Å². The molecule has 2 atom stereocenters. The average molecular weight is 354 g/mol. The molecule has 2 aromatic carbocycles. The van der Waals surface area contributed by atoms with Gasteiger partial charge in [0, 0.05) is 6.04 Å². The minimum atomic E-state index is -0.636. The highest BCUT2D eigenvalue weighted by Gasteiger charge is 2.21. The molecule has 2 aromatic rings. The zero-order valence-corrected chi connectivity index (χ0v) is 15.5. The molecule has 0 radical (unpaired) electrons. The van der Waals surface area contributed by atoms with Gasteiger partial charge in [0.15, 0.2) is 6.10 Å². The van der Waals surface area contributed by atoms with Crippen molar-refractivity contribution >= 4 is 17.5 Å². The molecule has 2 N–H and O–H groups in total. The molecule has 26 heavy (non-hydrogen) atoms. The van der Waals surface area contributed by atoms with E-state index in [4.69, 9.17) is 4.74 Å². The van der Waals surface area contributed by atoms with Gasteiger partial charge in [-0.25, -0.2) is 0 Å². The number of ether oxygens (including phenoxy) is 1. The third kappa shape index (κ3) is 5.34. The second-order valence-corrected chi connectivity index (χ2v) is 6.15. The van der Waals surface area contributed by atoms with Crippen LogP contribution in [0.1, 0.15) is 44.0 Å². The summed E-state index contributed by atoms with van der Waals surface area (Å²) in [4.78, 5) is 25.1. The lowest BCUT2D eigenvalue weighted by Crippen LogP contribution is -2.35. The Hall–Kier alpha value is -2.82. The van der Waals surface area contributed by atoms with Crippen molar-refractivity contribution in [1.29, 1.82) is 0 Å². The Morgan fingerprint density at radius 1 is 0.962 bits per heavy atom. The van der Waals surface area contributed by atoms with Crippen molar-refractivity contribution in [3.63, 3.8) is 0 Å². The quantitative estimate of drug-likeness (QED) is 0.753. The van der Waals surface area contributed by atoms with Gasteiger partial charge < -0.3 is 15.4 Å². The fourth-order valence-corrected chi connectivity index (χ4v) is 2.39. The van der Waals surface area contributed by atoms with Crippen molar-refractivity contribution in [3.05, 3.63) is 60.2 Å². The molecular weight excluding hydrogens is 328 g/mol. The van der Waals surface area contributed by atoms with Crippen LogP contribution in [0.2, 0.25) is 0 Å². The largest absolute Gasteiger partial charge is 0.481 e. The van der Waals surface area contributed by atoms with Gasteiger partial charge in [0.2, 0.25) is 0 Å². The van der Waals surface area contributed by atoms with Crippen LogP contribution in [0.4, 0.5) is 5.69 Å². The Labute approximate surface area is 154 Å². The third-order valence-corrected chi connectivity index (χ3v) is 4.10. The Morgan fingerprint density at radius 2 is 1.62 bits per heavy atom. The highest BCUT2D eigenvalue weighted by atomic mass is 16.5. The number of carbonyl (C=O) groups excluding carboxylic acids is 2. The summed E-state index contributed by atoms with van der Waals surface area (Å²) < 4.78 is 5.77. The van der Waals surface area contributed by atoms with E-state index in [0.29, 0.717) is 23.4 Å². The summed E-state index contributed by atoms with van der Waals surface area (Å²) in [7, 11) is 0. The van der Waals surface area contributed by atoms with Crippen LogP contribution in [0.15, 0.2) is 54.6 Å². The summed E-state index contributed by atoms with van der Waals surface area (Å²) in [6.45, 7) is 5.83. The van der Waals surface area contributed by atoms with Gasteiger partial charge in [-0.15, -0.1) is 0 Å². The van der Waals surface area contributed by atoms with Gasteiger partial charge in [-0.3, -0.25) is 9.59 Å². The summed E-state index contributed by atoms with van der Waals surface area (Å²) >= 11 is 0. The standard InChI is InChI=1S/C21H26N2O3/c1-4-15(3)22-20(24)17-13-9-10-14-18(17)23-21(25)19(5-2)26-16-11-7-6-8-12-16/h6-15,19H,4-5H2,1-3H3,(H,22,24)(H,23,25)/t15-,19+/m0/s1. The maximum atomic E-state index is 12.6. The molecule has 0 aromatic heterocycles. The molecule has 2 amide bonds. The number of hydrogen-bond donors (Lipinski definition) is 2. The monoisotopic (exact) mass is 354 g/mol. The lowest BCUT2D eigenvalue weighted by molar-refractivity contribution is -0.122. The topological polar surface area (TPSA) is 67.4 Å². The molecule has 0 saturated heterocycles. The summed E-state index contributed by atoms with van der Waals surface area (Å²) in [6, 6.07) is 16.3. The van der Waals surface area contributed by atoms with Crippen LogP contribution in [0.3, 0.4) is 0 Å². The van der Waals surface area contributed by atoms with E-state index in [-0.39, 0.29) is 17.9 Å². The SMILES string of the molecule is CC[C@H](C)NC(=O)c1ccccc1NC(=O)[C@@H](CC)Oc1ccccc1. The number of hydrogen-bond acceptors (Lipinski definition) is 3. The molecule has 0 saturated carbocycles. The van der Waals surface area contributed by atoms with Gasteiger partial charge in [-0.05, 0) is 44.0 Å². The summed E-state index contributed by atoms with van der Waals surface area (Å²) in [6.07, 6.45) is 0.716. The number of benzene rings is 2. The van der Waals surface area contributed by atoms with Gasteiger partial charge in [-0.1, -0.05) is 44.2 Å². The minimum absolute atomic E-state index is 0.0658. The van der Waals surface area contributed by atoms with Crippen molar-refractivity contribution in [2.45, 2.75) is 45.8 Å². The maximum absolute atomic E-state index is 12.6. The molecule has 0 heterocycles. The Kier molecular flexibility index (Phi) is 7.21. The van der Waals surface area contributed by atoms with Crippen LogP contribution < -0.4 is 15.4 Å². The zero-order chi connectivity index (χ0) is 18.9. The molecule has 0 aliphatic heterocycles. The predicted octanol–water partition coefficient (Wildman–Crippen LogP) is 4.01. The second kappa shape index (κ2) is 9.61. The van der Waals surface area contributed by atoms with Crippen LogP contribution in [0, 0.1) is 0 Å². The molecule has 0 fully saturated rings. The molecule has 2 rings (SSSR count). The summed E-state index contributed by atoms with van der Waals surface area (Å²) in [5.41, 5.74) is 0.920. The first-order valence-corrected chi connectivity index (χ1v) is 8.97. The van der Waals surface area contributed by atoms with Gasteiger partial charge in [0.25, 0.3) is 11.8 Å². The summed E-state index contributed by atoms with van der Waals surface area (Å²) in [5, 5.41) is 5.75. The lowest BCUT2D eigenvalue weighted by atomic mass is 10.1. The van der Waals surface area contributed by atoms with Crippen molar-refractivity contribution in [2.24, 2.45) is 0 Å². The van der Waals surface area contributed by atoms with E-state index in [9.17, 15) is 9.59 Å². The fraction of sp³-hybridized carbons (Fsp3) is 0.333. The van der Waals surface area contributed by atoms with E-state index in [1.54, 1.807) is 24.3 Å². The molecule has 0 aliphatic carbocycles. The van der Waals surface area contributed by atoms with Crippen molar-refractivity contribution < 1.29 is 14.3 Å². The molecule has 5 heteroatoms. The van der Waals surface area contributed by atoms with Crippen LogP contribution >= 0.6 is 0 Å². The molecule has 0 aliphatic rings. The fourth-order valence-electron chi connectivity index (χ4n) is 2.39. The maximum Gasteiger partial charge on any atom is 0.265 e. The smallest absolute Gasteiger partial charge is 0.265 e. The number of amides is 2. The molecular formula is C21H26N2O3. The van der Waals surface area contributed by atoms with Crippen molar-refractivity contribution in [1.82, 2.24) is 5.32 Å². The van der Waals surface area contributed by atoms with Crippen LogP contribution in [-0.4, -0.2) is 24.0 Å². The van der Waals surface area contributed by atoms with Gasteiger partial charge in [0.1, 0.15) is 5.75 Å². The van der Waals surface area contributed by atoms with Crippen LogP contribution in [0.25, 0.3) is 0 Å². The van der Waals surface area contributed by atoms with Gasteiger partial charge in [-0.2, -0.15) is 0 Å². The van der Waals surface area contributed by atoms with Crippen LogP contribution in [0.5, 0.6) is 5.75 Å². The van der Waals surface area contributed by atoms with E-state index in [0.717, 1.165) is 6.42 Å². The second-order valence-electron chi connectivity index (χ2n) is 6.15. The number of nitrogens with one attached hydrogen (secondary N) is 2. The minimum Gasteiger partial charge on any atom is -0.481 e. The average Bonchev–Trinajstić information content (AvgIpc) is 2.67. The first-order chi connectivity index (χ1) is 12.5. The van der Waals surface area contributed by atoms with E-state index in [1.807, 2.05) is 51.1 Å². The first kappa shape index (κ1) is 19.5.